The Hall–Kier alpha value is -1.90. The Morgan fingerprint density at radius 3 is 2.48 bits per heavy atom. The second kappa shape index (κ2) is 7.21. The zero-order chi connectivity index (χ0) is 15.2. The minimum atomic E-state index is -0.440. The molecule has 0 bridgehead atoms. The maximum Gasteiger partial charge on any atom is 0.190 e. The van der Waals surface area contributed by atoms with Crippen LogP contribution in [-0.4, -0.2) is 42.9 Å². The topological polar surface area (TPSA) is 53.3 Å². The Kier molecular flexibility index (Phi) is 5.32. The molecule has 4 nitrogen and oxygen atoms in total. The van der Waals surface area contributed by atoms with Crippen molar-refractivity contribution in [3.8, 4) is 6.07 Å². The second-order valence-electron chi connectivity index (χ2n) is 4.50. The van der Waals surface area contributed by atoms with Gasteiger partial charge in [0.05, 0.1) is 24.8 Å². The summed E-state index contributed by atoms with van der Waals surface area (Å²) in [6, 6.07) is 7.64. The molecule has 1 aliphatic rings. The van der Waals surface area contributed by atoms with Crippen molar-refractivity contribution in [1.29, 1.82) is 5.26 Å². The Labute approximate surface area is 127 Å². The fourth-order valence-corrected chi connectivity index (χ4v) is 2.33. The Morgan fingerprint density at radius 1 is 1.33 bits per heavy atom. The van der Waals surface area contributed by atoms with Crippen molar-refractivity contribution in [1.82, 2.24) is 4.90 Å². The monoisotopic (exact) mass is 308 g/mol. The van der Waals surface area contributed by atoms with Crippen LogP contribution in [0.3, 0.4) is 0 Å². The van der Waals surface area contributed by atoms with Gasteiger partial charge in [-0.15, -0.1) is 11.6 Å². The van der Waals surface area contributed by atoms with Gasteiger partial charge >= 0.3 is 0 Å². The summed E-state index contributed by atoms with van der Waals surface area (Å²) in [4.78, 5) is 13.8. The lowest BCUT2D eigenvalue weighted by Crippen LogP contribution is -2.36. The van der Waals surface area contributed by atoms with Crippen molar-refractivity contribution in [2.75, 3.05) is 32.2 Å². The minimum Gasteiger partial charge on any atom is -0.378 e. The molecule has 0 amide bonds. The van der Waals surface area contributed by atoms with E-state index in [1.807, 2.05) is 11.0 Å². The van der Waals surface area contributed by atoms with Gasteiger partial charge in [-0.1, -0.05) is 0 Å². The lowest BCUT2D eigenvalue weighted by molar-refractivity contribution is -0.113. The predicted molar refractivity (Wildman–Crippen MR) is 77.1 cm³/mol. The van der Waals surface area contributed by atoms with Crippen LogP contribution in [0.4, 0.5) is 4.39 Å². The van der Waals surface area contributed by atoms with E-state index in [4.69, 9.17) is 16.3 Å². The number of ether oxygens (including phenoxy) is 1. The van der Waals surface area contributed by atoms with Crippen molar-refractivity contribution >= 4 is 23.1 Å². The highest BCUT2D eigenvalue weighted by molar-refractivity contribution is 6.32. The van der Waals surface area contributed by atoms with Crippen molar-refractivity contribution in [3.63, 3.8) is 0 Å². The normalized spacial score (nSPS) is 16.1. The van der Waals surface area contributed by atoms with Gasteiger partial charge in [0.15, 0.2) is 5.78 Å². The molecule has 110 valence electrons. The largest absolute Gasteiger partial charge is 0.378 e. The van der Waals surface area contributed by atoms with E-state index in [0.29, 0.717) is 37.6 Å². The number of nitriles is 1. The SMILES string of the molecule is N#CC(C(=O)CCl)=C(c1ccc(F)cc1)N1CCOCC1. The van der Waals surface area contributed by atoms with E-state index in [1.54, 1.807) is 12.1 Å². The van der Waals surface area contributed by atoms with Gasteiger partial charge in [-0.2, -0.15) is 5.26 Å². The Morgan fingerprint density at radius 2 is 1.95 bits per heavy atom. The summed E-state index contributed by atoms with van der Waals surface area (Å²) in [6.45, 7) is 2.15. The fraction of sp³-hybridized carbons (Fsp3) is 0.333. The molecule has 1 aliphatic heterocycles. The van der Waals surface area contributed by atoms with Crippen LogP contribution in [0.1, 0.15) is 5.56 Å². The first-order valence-electron chi connectivity index (χ1n) is 6.49. The van der Waals surface area contributed by atoms with E-state index in [1.165, 1.54) is 12.1 Å². The molecule has 0 N–H and O–H groups in total. The summed E-state index contributed by atoms with van der Waals surface area (Å²) in [5, 5.41) is 9.33. The molecule has 2 rings (SSSR count). The number of ketones is 1. The third kappa shape index (κ3) is 3.60. The first kappa shape index (κ1) is 15.5. The number of hydrogen-bond acceptors (Lipinski definition) is 4. The molecule has 0 saturated carbocycles. The van der Waals surface area contributed by atoms with Crippen LogP contribution in [0.2, 0.25) is 0 Å². The second-order valence-corrected chi connectivity index (χ2v) is 4.77. The Bertz CT molecular complexity index is 587. The molecular formula is C15H14ClFN2O2. The highest BCUT2D eigenvalue weighted by atomic mass is 35.5. The number of allylic oxidation sites excluding steroid dienone is 1. The standard InChI is InChI=1S/C15H14ClFN2O2/c16-9-14(20)13(10-18)15(19-5-7-21-8-6-19)11-1-3-12(17)4-2-11/h1-4H,5-9H2. The number of nitrogens with zero attached hydrogens (tertiary/aromatic N) is 2. The molecule has 1 aromatic rings. The summed E-state index contributed by atoms with van der Waals surface area (Å²) in [7, 11) is 0. The lowest BCUT2D eigenvalue weighted by Gasteiger charge is -2.31. The van der Waals surface area contributed by atoms with Gasteiger partial charge in [-0.25, -0.2) is 4.39 Å². The maximum absolute atomic E-state index is 13.1. The number of halogens is 2. The zero-order valence-electron chi connectivity index (χ0n) is 11.3. The van der Waals surface area contributed by atoms with E-state index in [0.717, 1.165) is 0 Å². The molecule has 0 spiro atoms. The number of benzene rings is 1. The molecular weight excluding hydrogens is 295 g/mol. The molecule has 1 fully saturated rings. The molecule has 0 aromatic heterocycles. The number of alkyl halides is 1. The van der Waals surface area contributed by atoms with E-state index in [-0.39, 0.29) is 17.3 Å². The van der Waals surface area contributed by atoms with Crippen LogP contribution in [0, 0.1) is 17.1 Å². The average Bonchev–Trinajstić information content (AvgIpc) is 2.54. The molecule has 0 aliphatic carbocycles. The third-order valence-corrected chi connectivity index (χ3v) is 3.44. The van der Waals surface area contributed by atoms with Crippen LogP contribution >= 0.6 is 11.6 Å². The van der Waals surface area contributed by atoms with E-state index in [9.17, 15) is 14.4 Å². The summed E-state index contributed by atoms with van der Waals surface area (Å²) in [5.74, 6) is -1.08. The molecule has 1 heterocycles. The molecule has 6 heteroatoms. The number of rotatable bonds is 4. The van der Waals surface area contributed by atoms with Gasteiger partial charge in [0.2, 0.25) is 0 Å². The van der Waals surface area contributed by atoms with E-state index < -0.39 is 5.78 Å². The lowest BCUT2D eigenvalue weighted by atomic mass is 10.0. The van der Waals surface area contributed by atoms with Gasteiger partial charge in [-0.3, -0.25) is 4.79 Å². The highest BCUT2D eigenvalue weighted by Crippen LogP contribution is 2.25. The molecule has 0 unspecified atom stereocenters. The molecule has 1 aromatic carbocycles. The van der Waals surface area contributed by atoms with Gasteiger partial charge in [0.25, 0.3) is 0 Å². The van der Waals surface area contributed by atoms with Crippen LogP contribution < -0.4 is 0 Å². The quantitative estimate of drug-likeness (QED) is 0.486. The summed E-state index contributed by atoms with van der Waals surface area (Å²) < 4.78 is 18.4. The highest BCUT2D eigenvalue weighted by Gasteiger charge is 2.23. The first-order valence-corrected chi connectivity index (χ1v) is 7.03. The van der Waals surface area contributed by atoms with Crippen LogP contribution in [0.5, 0.6) is 0 Å². The van der Waals surface area contributed by atoms with Crippen LogP contribution in [0.25, 0.3) is 5.70 Å². The molecule has 21 heavy (non-hydrogen) atoms. The first-order chi connectivity index (χ1) is 10.2. The van der Waals surface area contributed by atoms with Crippen molar-refractivity contribution in [2.24, 2.45) is 0 Å². The zero-order valence-corrected chi connectivity index (χ0v) is 12.1. The number of Topliss-reactive ketones (excluding diaryl/α,β-unsaturated/α-hetero) is 1. The van der Waals surface area contributed by atoms with Gasteiger partial charge in [0.1, 0.15) is 17.5 Å². The van der Waals surface area contributed by atoms with Gasteiger partial charge in [0, 0.05) is 13.1 Å². The van der Waals surface area contributed by atoms with E-state index >= 15 is 0 Å². The van der Waals surface area contributed by atoms with Crippen LogP contribution in [-0.2, 0) is 9.53 Å². The summed E-state index contributed by atoms with van der Waals surface area (Å²) in [5.41, 5.74) is 1.11. The Balaban J connectivity index is 2.52. The number of carbonyl (C=O) groups excluding carboxylic acids is 1. The number of hydrogen-bond donors (Lipinski definition) is 0. The smallest absolute Gasteiger partial charge is 0.190 e. The number of carbonyl (C=O) groups is 1. The maximum atomic E-state index is 13.1. The summed E-state index contributed by atoms with van der Waals surface area (Å²) >= 11 is 5.58. The fourth-order valence-electron chi connectivity index (χ4n) is 2.19. The minimum absolute atomic E-state index is 0.00138. The van der Waals surface area contributed by atoms with Crippen LogP contribution in [0.15, 0.2) is 29.8 Å². The molecule has 0 radical (unpaired) electrons. The van der Waals surface area contributed by atoms with Crippen molar-refractivity contribution < 1.29 is 13.9 Å². The average molecular weight is 309 g/mol. The van der Waals surface area contributed by atoms with Crippen molar-refractivity contribution in [2.45, 2.75) is 0 Å². The third-order valence-electron chi connectivity index (χ3n) is 3.19. The van der Waals surface area contributed by atoms with Gasteiger partial charge < -0.3 is 9.64 Å². The summed E-state index contributed by atoms with van der Waals surface area (Å²) in [6.07, 6.45) is 0. The van der Waals surface area contributed by atoms with Gasteiger partial charge in [-0.05, 0) is 29.8 Å². The number of morpholine rings is 1. The molecule has 0 atom stereocenters. The van der Waals surface area contributed by atoms with E-state index in [2.05, 4.69) is 0 Å². The predicted octanol–water partition coefficient (Wildman–Crippen LogP) is 2.20. The molecule has 1 saturated heterocycles. The van der Waals surface area contributed by atoms with Crippen molar-refractivity contribution in [3.05, 3.63) is 41.2 Å².